The molecule has 1 saturated heterocycles. The maximum Gasteiger partial charge on any atom is 0.126 e. The van der Waals surface area contributed by atoms with Gasteiger partial charge in [-0.05, 0) is 48.7 Å². The number of rotatable bonds is 5. The Hall–Kier alpha value is -2.07. The number of aryl methyl sites for hydroxylation is 1. The highest BCUT2D eigenvalue weighted by Crippen LogP contribution is 2.36. The molecule has 2 nitrogen and oxygen atoms in total. The van der Waals surface area contributed by atoms with Crippen LogP contribution in [0.5, 0.6) is 0 Å². The standard InChI is InChI=1S/C25H25Cl2FN2/c1-18-6-8-20(9-7-18)25-17-29(13-12-19-4-2-3-5-23(19)28)14-15-30(25)24-11-10-21(26)16-22(24)27/h2-11,16,25H,12-15,17H2,1H3/t25-/m0/s1. The molecule has 0 N–H and O–H groups in total. The number of nitrogens with zero attached hydrogens (tertiary/aromatic N) is 2. The summed E-state index contributed by atoms with van der Waals surface area (Å²) in [5.74, 6) is -0.126. The zero-order valence-electron chi connectivity index (χ0n) is 17.0. The molecule has 0 amide bonds. The van der Waals surface area contributed by atoms with Gasteiger partial charge in [-0.1, -0.05) is 71.2 Å². The van der Waals surface area contributed by atoms with Crippen LogP contribution >= 0.6 is 23.2 Å². The van der Waals surface area contributed by atoms with Crippen LogP contribution in [0.1, 0.15) is 22.7 Å². The molecule has 1 aliphatic heterocycles. The van der Waals surface area contributed by atoms with Crippen LogP contribution in [0.15, 0.2) is 66.7 Å². The molecule has 5 heteroatoms. The molecule has 3 aromatic carbocycles. The zero-order valence-corrected chi connectivity index (χ0v) is 18.5. The molecule has 1 fully saturated rings. The van der Waals surface area contributed by atoms with Gasteiger partial charge in [0.2, 0.25) is 0 Å². The summed E-state index contributed by atoms with van der Waals surface area (Å²) in [5.41, 5.74) is 4.26. The highest BCUT2D eigenvalue weighted by Gasteiger charge is 2.29. The van der Waals surface area contributed by atoms with Crippen molar-refractivity contribution in [1.29, 1.82) is 0 Å². The largest absolute Gasteiger partial charge is 0.361 e. The second kappa shape index (κ2) is 9.38. The second-order valence-corrected chi connectivity index (χ2v) is 8.70. The quantitative estimate of drug-likeness (QED) is 0.441. The smallest absolute Gasteiger partial charge is 0.126 e. The van der Waals surface area contributed by atoms with Gasteiger partial charge in [-0.3, -0.25) is 4.90 Å². The van der Waals surface area contributed by atoms with E-state index in [0.29, 0.717) is 16.5 Å². The van der Waals surface area contributed by atoms with E-state index in [9.17, 15) is 4.39 Å². The molecular formula is C25H25Cl2FN2. The third kappa shape index (κ3) is 4.80. The van der Waals surface area contributed by atoms with Crippen molar-refractivity contribution in [3.8, 4) is 0 Å². The third-order valence-electron chi connectivity index (χ3n) is 5.80. The Morgan fingerprint density at radius 3 is 2.47 bits per heavy atom. The minimum Gasteiger partial charge on any atom is -0.361 e. The fourth-order valence-corrected chi connectivity index (χ4v) is 4.62. The lowest BCUT2D eigenvalue weighted by atomic mass is 9.99. The lowest BCUT2D eigenvalue weighted by Gasteiger charge is -2.43. The van der Waals surface area contributed by atoms with Gasteiger partial charge in [-0.25, -0.2) is 4.39 Å². The lowest BCUT2D eigenvalue weighted by molar-refractivity contribution is 0.225. The molecule has 0 aliphatic carbocycles. The Balaban J connectivity index is 1.56. The van der Waals surface area contributed by atoms with Crippen molar-refractivity contribution in [2.75, 3.05) is 31.1 Å². The molecule has 3 aromatic rings. The van der Waals surface area contributed by atoms with Crippen LogP contribution in [0.25, 0.3) is 0 Å². The summed E-state index contributed by atoms with van der Waals surface area (Å²) in [4.78, 5) is 4.78. The summed E-state index contributed by atoms with van der Waals surface area (Å²) in [6.45, 7) is 5.52. The van der Waals surface area contributed by atoms with Gasteiger partial charge in [0.15, 0.2) is 0 Å². The molecule has 4 rings (SSSR count). The Morgan fingerprint density at radius 1 is 0.967 bits per heavy atom. The molecule has 0 bridgehead atoms. The summed E-state index contributed by atoms with van der Waals surface area (Å²) in [6.07, 6.45) is 0.703. The van der Waals surface area contributed by atoms with Crippen molar-refractivity contribution in [2.24, 2.45) is 0 Å². The van der Waals surface area contributed by atoms with Crippen molar-refractivity contribution in [1.82, 2.24) is 4.90 Å². The maximum absolute atomic E-state index is 14.0. The normalized spacial score (nSPS) is 17.3. The van der Waals surface area contributed by atoms with Crippen molar-refractivity contribution < 1.29 is 4.39 Å². The molecule has 30 heavy (non-hydrogen) atoms. The van der Waals surface area contributed by atoms with E-state index in [1.54, 1.807) is 12.1 Å². The maximum atomic E-state index is 14.0. The average Bonchev–Trinajstić information content (AvgIpc) is 2.74. The Bertz CT molecular complexity index is 1010. The predicted molar refractivity (Wildman–Crippen MR) is 124 cm³/mol. The topological polar surface area (TPSA) is 6.48 Å². The van der Waals surface area contributed by atoms with Crippen LogP contribution < -0.4 is 4.90 Å². The number of hydrogen-bond donors (Lipinski definition) is 0. The van der Waals surface area contributed by atoms with Crippen LogP contribution in [-0.2, 0) is 6.42 Å². The van der Waals surface area contributed by atoms with Crippen molar-refractivity contribution in [2.45, 2.75) is 19.4 Å². The van der Waals surface area contributed by atoms with Gasteiger partial charge in [-0.15, -0.1) is 0 Å². The van der Waals surface area contributed by atoms with Gasteiger partial charge in [0.25, 0.3) is 0 Å². The Kier molecular flexibility index (Phi) is 6.62. The van der Waals surface area contributed by atoms with Crippen LogP contribution in [0, 0.1) is 12.7 Å². The van der Waals surface area contributed by atoms with Gasteiger partial charge in [-0.2, -0.15) is 0 Å². The summed E-state index contributed by atoms with van der Waals surface area (Å²) < 4.78 is 14.0. The van der Waals surface area contributed by atoms with Crippen LogP contribution in [-0.4, -0.2) is 31.1 Å². The molecule has 0 spiro atoms. The van der Waals surface area contributed by atoms with Gasteiger partial charge in [0.05, 0.1) is 16.8 Å². The summed E-state index contributed by atoms with van der Waals surface area (Å²) >= 11 is 12.7. The Labute approximate surface area is 187 Å². The lowest BCUT2D eigenvalue weighted by Crippen LogP contribution is -2.49. The predicted octanol–water partition coefficient (Wildman–Crippen LogP) is 6.55. The third-order valence-corrected chi connectivity index (χ3v) is 6.34. The molecule has 0 saturated carbocycles. The van der Waals surface area contributed by atoms with E-state index in [-0.39, 0.29) is 11.9 Å². The fourth-order valence-electron chi connectivity index (χ4n) is 4.10. The van der Waals surface area contributed by atoms with E-state index >= 15 is 0 Å². The number of piperazine rings is 1. The van der Waals surface area contributed by atoms with Crippen molar-refractivity contribution in [3.05, 3.63) is 99.3 Å². The minimum atomic E-state index is -0.126. The first-order chi connectivity index (χ1) is 14.5. The van der Waals surface area contributed by atoms with E-state index in [4.69, 9.17) is 23.2 Å². The van der Waals surface area contributed by atoms with Gasteiger partial charge in [0.1, 0.15) is 5.82 Å². The molecule has 156 valence electrons. The van der Waals surface area contributed by atoms with E-state index < -0.39 is 0 Å². The van der Waals surface area contributed by atoms with Crippen LogP contribution in [0.3, 0.4) is 0 Å². The summed E-state index contributed by atoms with van der Waals surface area (Å²) in [6, 6.07) is 21.6. The number of halogens is 3. The first-order valence-electron chi connectivity index (χ1n) is 10.3. The van der Waals surface area contributed by atoms with E-state index in [1.807, 2.05) is 24.3 Å². The fraction of sp³-hybridized carbons (Fsp3) is 0.280. The highest BCUT2D eigenvalue weighted by atomic mass is 35.5. The first kappa shape index (κ1) is 21.2. The van der Waals surface area contributed by atoms with Gasteiger partial charge < -0.3 is 4.90 Å². The van der Waals surface area contributed by atoms with Crippen molar-refractivity contribution >= 4 is 28.9 Å². The van der Waals surface area contributed by atoms with E-state index in [2.05, 4.69) is 41.0 Å². The molecule has 0 aromatic heterocycles. The van der Waals surface area contributed by atoms with Gasteiger partial charge in [0, 0.05) is 31.2 Å². The molecular weight excluding hydrogens is 418 g/mol. The monoisotopic (exact) mass is 442 g/mol. The molecule has 1 heterocycles. The van der Waals surface area contributed by atoms with E-state index in [0.717, 1.165) is 37.4 Å². The SMILES string of the molecule is Cc1ccc([C@@H]2CN(CCc3ccccc3F)CCN2c2ccc(Cl)cc2Cl)cc1. The number of anilines is 1. The van der Waals surface area contributed by atoms with Crippen LogP contribution in [0.2, 0.25) is 10.0 Å². The average molecular weight is 443 g/mol. The van der Waals surface area contributed by atoms with E-state index in [1.165, 1.54) is 17.2 Å². The zero-order chi connectivity index (χ0) is 21.1. The first-order valence-corrected chi connectivity index (χ1v) is 11.0. The molecule has 1 aliphatic rings. The minimum absolute atomic E-state index is 0.126. The summed E-state index contributed by atoms with van der Waals surface area (Å²) in [5, 5.41) is 1.30. The molecule has 0 radical (unpaired) electrons. The highest BCUT2D eigenvalue weighted by molar-refractivity contribution is 6.36. The second-order valence-electron chi connectivity index (χ2n) is 7.86. The number of hydrogen-bond acceptors (Lipinski definition) is 2. The number of benzene rings is 3. The molecule has 1 atom stereocenters. The van der Waals surface area contributed by atoms with Crippen molar-refractivity contribution in [3.63, 3.8) is 0 Å². The molecule has 0 unspecified atom stereocenters. The Morgan fingerprint density at radius 2 is 1.73 bits per heavy atom. The van der Waals surface area contributed by atoms with Gasteiger partial charge >= 0.3 is 0 Å². The summed E-state index contributed by atoms with van der Waals surface area (Å²) in [7, 11) is 0. The van der Waals surface area contributed by atoms with Crippen LogP contribution in [0.4, 0.5) is 10.1 Å².